The minimum Gasteiger partial charge on any atom is -0.182 e. The molecule has 0 aliphatic carbocycles. The summed E-state index contributed by atoms with van der Waals surface area (Å²) in [7, 11) is 0. The molecule has 25 heavy (non-hydrogen) atoms. The van der Waals surface area contributed by atoms with Crippen molar-refractivity contribution in [1.82, 2.24) is 0 Å². The maximum absolute atomic E-state index is 9.45. The summed E-state index contributed by atoms with van der Waals surface area (Å²) in [6.45, 7) is 4.93. The molecule has 0 atom stereocenters. The molecule has 0 aliphatic rings. The number of nitrogens with zero attached hydrogens (tertiary/aromatic N) is 1. The zero-order valence-electron chi connectivity index (χ0n) is 17.5. The van der Waals surface area contributed by atoms with Crippen molar-refractivity contribution in [3.05, 3.63) is 0 Å². The third kappa shape index (κ3) is 20.0. The van der Waals surface area contributed by atoms with Gasteiger partial charge in [0.15, 0.2) is 0 Å². The highest BCUT2D eigenvalue weighted by molar-refractivity contribution is 4.50. The molecule has 0 heterocycles. The van der Waals surface area contributed by atoms with Crippen LogP contribution in [0, 0.1) is 0 Å². The van der Waals surface area contributed by atoms with E-state index in [1.165, 1.54) is 103 Å². The molecule has 0 rings (SSSR count). The van der Waals surface area contributed by atoms with Gasteiger partial charge in [0, 0.05) is 6.42 Å². The molecule has 3 heteroatoms. The molecule has 0 amide bonds. The van der Waals surface area contributed by atoms with Crippen LogP contribution in [0.2, 0.25) is 0 Å². The van der Waals surface area contributed by atoms with Crippen molar-refractivity contribution in [3.8, 4) is 0 Å². The van der Waals surface area contributed by atoms with Gasteiger partial charge < -0.3 is 0 Å². The fourth-order valence-corrected chi connectivity index (χ4v) is 3.42. The largest absolute Gasteiger partial charge is 0.182 e. The van der Waals surface area contributed by atoms with Crippen LogP contribution in [0.25, 0.3) is 0 Å². The summed E-state index contributed by atoms with van der Waals surface area (Å²) in [5.41, 5.74) is 0. The Morgan fingerprint density at radius 2 is 0.720 bits per heavy atom. The van der Waals surface area contributed by atoms with E-state index in [4.69, 9.17) is 0 Å². The Labute approximate surface area is 158 Å². The van der Waals surface area contributed by atoms with Crippen LogP contribution in [0.1, 0.15) is 129 Å². The molecule has 0 aliphatic heterocycles. The van der Waals surface area contributed by atoms with Gasteiger partial charge in [0.2, 0.25) is 0 Å². The van der Waals surface area contributed by atoms with Gasteiger partial charge >= 0.3 is 0 Å². The van der Waals surface area contributed by atoms with Crippen LogP contribution in [0.4, 0.5) is 0 Å². The minimum atomic E-state index is -0.807. The van der Waals surface area contributed by atoms with E-state index in [0.29, 0.717) is 13.1 Å². The molecule has 0 saturated heterocycles. The van der Waals surface area contributed by atoms with Gasteiger partial charge in [0.1, 0.15) is 13.1 Å². The molecule has 152 valence electrons. The molecule has 0 aromatic rings. The predicted molar refractivity (Wildman–Crippen MR) is 108 cm³/mol. The van der Waals surface area contributed by atoms with Crippen molar-refractivity contribution in [1.29, 1.82) is 0 Å². The molecule has 0 unspecified atom stereocenters. The Morgan fingerprint density at radius 1 is 0.440 bits per heavy atom. The highest BCUT2D eigenvalue weighted by atomic mass is 16.8. The Morgan fingerprint density at radius 3 is 1.00 bits per heavy atom. The van der Waals surface area contributed by atoms with Crippen molar-refractivity contribution >= 4 is 0 Å². The smallest absolute Gasteiger partial charge is 0.142 e. The molecule has 2 N–H and O–H groups in total. The van der Waals surface area contributed by atoms with Gasteiger partial charge in [0.05, 0.1) is 0 Å². The maximum Gasteiger partial charge on any atom is 0.142 e. The normalized spacial score (nSPS) is 12.0. The van der Waals surface area contributed by atoms with E-state index in [-0.39, 0.29) is 0 Å². The van der Waals surface area contributed by atoms with Crippen LogP contribution in [-0.4, -0.2) is 28.3 Å². The molecule has 0 aromatic heterocycles. The Bertz CT molecular complexity index is 256. The van der Waals surface area contributed by atoms with E-state index in [1.54, 1.807) is 6.92 Å². The summed E-state index contributed by atoms with van der Waals surface area (Å²) in [5, 5.41) is 18.9. The summed E-state index contributed by atoms with van der Waals surface area (Å²) in [6, 6.07) is 0. The van der Waals surface area contributed by atoms with E-state index in [9.17, 15) is 10.4 Å². The quantitative estimate of drug-likeness (QED) is 0.133. The summed E-state index contributed by atoms with van der Waals surface area (Å²) in [6.07, 6.45) is 24.5. The lowest BCUT2D eigenvalue weighted by molar-refractivity contribution is -1.24. The fraction of sp³-hybridized carbons (Fsp3) is 1.00. The zero-order valence-corrected chi connectivity index (χ0v) is 17.5. The first-order valence-corrected chi connectivity index (χ1v) is 11.4. The van der Waals surface area contributed by atoms with E-state index in [2.05, 4.69) is 6.92 Å². The number of hydrogen-bond donors (Lipinski definition) is 2. The third-order valence-corrected chi connectivity index (χ3v) is 5.38. The first kappa shape index (κ1) is 24.9. The first-order chi connectivity index (χ1) is 12.1. The lowest BCUT2D eigenvalue weighted by atomic mass is 10.0. The fourth-order valence-electron chi connectivity index (χ4n) is 3.42. The van der Waals surface area contributed by atoms with E-state index >= 15 is 0 Å². The average Bonchev–Trinajstić information content (AvgIpc) is 2.60. The van der Waals surface area contributed by atoms with Crippen LogP contribution in [0.5, 0.6) is 0 Å². The summed E-state index contributed by atoms with van der Waals surface area (Å²) < 4.78 is 0. The van der Waals surface area contributed by atoms with E-state index in [1.807, 2.05) is 0 Å². The second kappa shape index (κ2) is 18.7. The molecular formula is C22H48NO2+. The monoisotopic (exact) mass is 358 g/mol. The number of rotatable bonds is 20. The second-order valence-electron chi connectivity index (χ2n) is 7.93. The van der Waals surface area contributed by atoms with Gasteiger partial charge in [-0.1, -0.05) is 110 Å². The molecule has 0 bridgehead atoms. The first-order valence-electron chi connectivity index (χ1n) is 11.4. The van der Waals surface area contributed by atoms with Crippen LogP contribution >= 0.6 is 0 Å². The molecule has 0 fully saturated rings. The van der Waals surface area contributed by atoms with Gasteiger partial charge in [-0.15, -0.1) is 0 Å². The lowest BCUT2D eigenvalue weighted by Crippen LogP contribution is -2.41. The Kier molecular flexibility index (Phi) is 18.6. The second-order valence-corrected chi connectivity index (χ2v) is 7.93. The third-order valence-electron chi connectivity index (χ3n) is 5.38. The zero-order chi connectivity index (χ0) is 18.6. The number of hydroxylamine groups is 4. The number of unbranched alkanes of at least 4 members (excludes halogenated alkanes) is 17. The van der Waals surface area contributed by atoms with Crippen LogP contribution in [-0.2, 0) is 0 Å². The van der Waals surface area contributed by atoms with Gasteiger partial charge in [-0.2, -0.15) is 10.4 Å². The van der Waals surface area contributed by atoms with Crippen molar-refractivity contribution in [2.24, 2.45) is 0 Å². The Hall–Kier alpha value is -0.120. The van der Waals surface area contributed by atoms with Crippen molar-refractivity contribution in [2.45, 2.75) is 129 Å². The van der Waals surface area contributed by atoms with E-state index in [0.717, 1.165) is 12.8 Å². The topological polar surface area (TPSA) is 40.5 Å². The summed E-state index contributed by atoms with van der Waals surface area (Å²) >= 11 is 0. The lowest BCUT2D eigenvalue weighted by Gasteiger charge is -2.18. The average molecular weight is 359 g/mol. The minimum absolute atomic E-state index is 0.374. The number of hydrogen-bond acceptors (Lipinski definition) is 2. The van der Waals surface area contributed by atoms with Crippen molar-refractivity contribution in [2.75, 3.05) is 13.1 Å². The van der Waals surface area contributed by atoms with Gasteiger partial charge in [0.25, 0.3) is 0 Å². The van der Waals surface area contributed by atoms with Crippen LogP contribution in [0.15, 0.2) is 0 Å². The van der Waals surface area contributed by atoms with Crippen molar-refractivity contribution < 1.29 is 15.2 Å². The molecule has 0 radical (unpaired) electrons. The highest BCUT2D eigenvalue weighted by Crippen LogP contribution is 2.14. The predicted octanol–water partition coefficient (Wildman–Crippen LogP) is 7.64. The molecular weight excluding hydrogens is 310 g/mol. The molecule has 3 nitrogen and oxygen atoms in total. The maximum atomic E-state index is 9.45. The SMILES string of the molecule is CCCCCCCCCCCCCCCCCCCC[N+](O)(O)CC. The molecule has 0 saturated carbocycles. The van der Waals surface area contributed by atoms with Gasteiger partial charge in [-0.3, -0.25) is 0 Å². The van der Waals surface area contributed by atoms with Gasteiger partial charge in [-0.25, -0.2) is 0 Å². The number of quaternary nitrogens is 1. The van der Waals surface area contributed by atoms with Crippen molar-refractivity contribution in [3.63, 3.8) is 0 Å². The highest BCUT2D eigenvalue weighted by Gasteiger charge is 2.17. The summed E-state index contributed by atoms with van der Waals surface area (Å²) in [4.78, 5) is -0.807. The van der Waals surface area contributed by atoms with Crippen LogP contribution in [0.3, 0.4) is 0 Å². The van der Waals surface area contributed by atoms with Gasteiger partial charge in [-0.05, 0) is 18.2 Å². The molecule has 0 aromatic carbocycles. The standard InChI is InChI=1S/C22H48NO2/c1-3-5-6-7-8-9-10-11-12-13-14-15-16-17-18-19-20-21-22-23(24,25)4-2/h24-25H,3-22H2,1-2H3/q+1. The summed E-state index contributed by atoms with van der Waals surface area (Å²) in [5.74, 6) is 0. The van der Waals surface area contributed by atoms with E-state index < -0.39 is 4.81 Å². The molecule has 0 spiro atoms. The Balaban J connectivity index is 3.05. The van der Waals surface area contributed by atoms with Crippen LogP contribution < -0.4 is 0 Å².